The minimum atomic E-state index is -4.17. The predicted molar refractivity (Wildman–Crippen MR) is 116 cm³/mol. The van der Waals surface area contributed by atoms with Gasteiger partial charge in [0.1, 0.15) is 10.7 Å². The maximum atomic E-state index is 12.4. The zero-order valence-corrected chi connectivity index (χ0v) is 18.2. The van der Waals surface area contributed by atoms with Crippen LogP contribution in [-0.4, -0.2) is 37.8 Å². The lowest BCUT2D eigenvalue weighted by Gasteiger charge is -2.03. The predicted octanol–water partition coefficient (Wildman–Crippen LogP) is 5.44. The summed E-state index contributed by atoms with van der Waals surface area (Å²) in [7, 11) is 0. The normalized spacial score (nSPS) is 11.7. The number of nitrogens with zero attached hydrogens (tertiary/aromatic N) is 4. The first-order chi connectivity index (χ1) is 14.9. The first-order valence-corrected chi connectivity index (χ1v) is 11.6. The number of anilines is 1. The van der Waals surface area contributed by atoms with Gasteiger partial charge in [-0.1, -0.05) is 11.8 Å². The van der Waals surface area contributed by atoms with Gasteiger partial charge in [-0.15, -0.1) is 22.7 Å². The average Bonchev–Trinajstić information content (AvgIpc) is 3.34. The van der Waals surface area contributed by atoms with Gasteiger partial charge >= 0.3 is 6.18 Å². The van der Waals surface area contributed by atoms with E-state index in [1.165, 1.54) is 22.7 Å². The van der Waals surface area contributed by atoms with E-state index in [1.807, 2.05) is 0 Å². The quantitative estimate of drug-likeness (QED) is 0.354. The van der Waals surface area contributed by atoms with E-state index in [0.29, 0.717) is 31.9 Å². The molecule has 0 saturated heterocycles. The van der Waals surface area contributed by atoms with Gasteiger partial charge in [0, 0.05) is 29.2 Å². The summed E-state index contributed by atoms with van der Waals surface area (Å²) in [6.07, 6.45) is -0.148. The molecule has 12 heteroatoms. The summed E-state index contributed by atoms with van der Waals surface area (Å²) in [5, 5.41) is 5.32. The Morgan fingerprint density at radius 2 is 2.06 bits per heavy atom. The highest BCUT2D eigenvalue weighted by Gasteiger charge is 2.26. The number of thioether (sulfide) groups is 1. The van der Waals surface area contributed by atoms with Gasteiger partial charge in [0.25, 0.3) is 0 Å². The molecule has 0 aliphatic rings. The van der Waals surface area contributed by atoms with Crippen LogP contribution in [0.4, 0.5) is 18.9 Å². The molecule has 31 heavy (non-hydrogen) atoms. The fraction of sp³-hybridized carbons (Fsp3) is 0.211. The summed E-state index contributed by atoms with van der Waals surface area (Å²) in [5.41, 5.74) is 2.56. The first-order valence-electron chi connectivity index (χ1n) is 8.96. The Bertz CT molecular complexity index is 1190. The van der Waals surface area contributed by atoms with Crippen LogP contribution in [0.15, 0.2) is 46.5 Å². The Morgan fingerprint density at radius 1 is 1.19 bits per heavy atom. The SMILES string of the molecule is O=C(Cc1csc(-c2cnccn2)n1)Nc1ccc2nc(SCCC(F)(F)F)sc2c1. The molecule has 3 heterocycles. The van der Waals surface area contributed by atoms with Crippen LogP contribution in [0.3, 0.4) is 0 Å². The van der Waals surface area contributed by atoms with E-state index in [1.54, 1.807) is 42.2 Å². The van der Waals surface area contributed by atoms with Crippen molar-refractivity contribution < 1.29 is 18.0 Å². The van der Waals surface area contributed by atoms with Crippen LogP contribution in [0.1, 0.15) is 12.1 Å². The standard InChI is InChI=1S/C19H14F3N5OS3/c20-19(21,22)3-6-29-18-27-13-2-1-11(7-15(13)31-18)25-16(28)8-12-10-30-17(26-12)14-9-23-4-5-24-14/h1-2,4-5,7,9-10H,3,6,8H2,(H,25,28). The third-order valence-corrected chi connectivity index (χ3v) is 7.02. The molecule has 160 valence electrons. The van der Waals surface area contributed by atoms with E-state index in [0.717, 1.165) is 16.5 Å². The zero-order chi connectivity index (χ0) is 21.8. The van der Waals surface area contributed by atoms with E-state index in [9.17, 15) is 18.0 Å². The Balaban J connectivity index is 1.37. The molecule has 1 N–H and O–H groups in total. The fourth-order valence-electron chi connectivity index (χ4n) is 2.58. The molecule has 6 nitrogen and oxygen atoms in total. The summed E-state index contributed by atoms with van der Waals surface area (Å²) in [6, 6.07) is 5.23. The van der Waals surface area contributed by atoms with Crippen molar-refractivity contribution in [1.29, 1.82) is 0 Å². The van der Waals surface area contributed by atoms with Gasteiger partial charge in [0.2, 0.25) is 5.91 Å². The van der Waals surface area contributed by atoms with Crippen LogP contribution < -0.4 is 5.32 Å². The van der Waals surface area contributed by atoms with Crippen LogP contribution in [0, 0.1) is 0 Å². The number of fused-ring (bicyclic) bond motifs is 1. The summed E-state index contributed by atoms with van der Waals surface area (Å²) < 4.78 is 38.3. The number of carbonyl (C=O) groups excluding carboxylic acids is 1. The Morgan fingerprint density at radius 3 is 2.84 bits per heavy atom. The number of carbonyl (C=O) groups is 1. The van der Waals surface area contributed by atoms with Crippen molar-refractivity contribution in [2.75, 3.05) is 11.1 Å². The number of hydrogen-bond acceptors (Lipinski definition) is 8. The van der Waals surface area contributed by atoms with Crippen LogP contribution >= 0.6 is 34.4 Å². The Kier molecular flexibility index (Phi) is 6.49. The molecule has 4 rings (SSSR count). The molecule has 0 spiro atoms. The highest BCUT2D eigenvalue weighted by molar-refractivity contribution is 8.01. The highest BCUT2D eigenvalue weighted by Crippen LogP contribution is 2.33. The van der Waals surface area contributed by atoms with E-state index in [-0.39, 0.29) is 18.1 Å². The summed E-state index contributed by atoms with van der Waals surface area (Å²) >= 11 is 3.77. The second-order valence-corrected chi connectivity index (χ2v) is 9.57. The van der Waals surface area contributed by atoms with Crippen molar-refractivity contribution in [2.24, 2.45) is 0 Å². The number of nitrogens with one attached hydrogen (secondary N) is 1. The van der Waals surface area contributed by atoms with Gasteiger partial charge in [-0.25, -0.2) is 9.97 Å². The molecule has 0 aliphatic heterocycles. The number of rotatable bonds is 7. The summed E-state index contributed by atoms with van der Waals surface area (Å²) in [6.45, 7) is 0. The Labute approximate surface area is 187 Å². The minimum Gasteiger partial charge on any atom is -0.326 e. The number of halogens is 3. The van der Waals surface area contributed by atoms with Crippen molar-refractivity contribution >= 4 is 56.2 Å². The number of hydrogen-bond donors (Lipinski definition) is 1. The molecular weight excluding hydrogens is 467 g/mol. The maximum Gasteiger partial charge on any atom is 0.389 e. The van der Waals surface area contributed by atoms with Crippen molar-refractivity contribution in [2.45, 2.75) is 23.4 Å². The number of amides is 1. The van der Waals surface area contributed by atoms with Gasteiger partial charge in [-0.05, 0) is 18.2 Å². The van der Waals surface area contributed by atoms with Crippen molar-refractivity contribution in [3.8, 4) is 10.7 Å². The molecule has 1 amide bonds. The lowest BCUT2D eigenvalue weighted by Crippen LogP contribution is -2.14. The third kappa shape index (κ3) is 5.99. The van der Waals surface area contributed by atoms with Gasteiger partial charge in [0.05, 0.1) is 34.9 Å². The molecular formula is C19H14F3N5OS3. The van der Waals surface area contributed by atoms with Crippen molar-refractivity contribution in [3.63, 3.8) is 0 Å². The van der Waals surface area contributed by atoms with Gasteiger partial charge in [-0.2, -0.15) is 13.2 Å². The molecule has 4 aromatic rings. The average molecular weight is 482 g/mol. The second-order valence-electron chi connectivity index (χ2n) is 6.34. The third-order valence-electron chi connectivity index (χ3n) is 3.94. The van der Waals surface area contributed by atoms with Crippen LogP contribution in [0.2, 0.25) is 0 Å². The topological polar surface area (TPSA) is 80.7 Å². The summed E-state index contributed by atoms with van der Waals surface area (Å²) in [4.78, 5) is 29.4. The highest BCUT2D eigenvalue weighted by atomic mass is 32.2. The molecule has 0 radical (unpaired) electrons. The van der Waals surface area contributed by atoms with Crippen molar-refractivity contribution in [1.82, 2.24) is 19.9 Å². The minimum absolute atomic E-state index is 0.0723. The van der Waals surface area contributed by atoms with E-state index >= 15 is 0 Å². The second kappa shape index (κ2) is 9.28. The van der Waals surface area contributed by atoms with Crippen LogP contribution in [0.5, 0.6) is 0 Å². The summed E-state index contributed by atoms with van der Waals surface area (Å²) in [5.74, 6) is -0.295. The van der Waals surface area contributed by atoms with Gasteiger partial charge in [-0.3, -0.25) is 14.8 Å². The van der Waals surface area contributed by atoms with Crippen LogP contribution in [0.25, 0.3) is 20.9 Å². The van der Waals surface area contributed by atoms with Crippen LogP contribution in [-0.2, 0) is 11.2 Å². The molecule has 0 unspecified atom stereocenters. The number of benzene rings is 1. The molecule has 0 saturated carbocycles. The largest absolute Gasteiger partial charge is 0.389 e. The number of aromatic nitrogens is 4. The van der Waals surface area contributed by atoms with E-state index in [4.69, 9.17) is 0 Å². The number of alkyl halides is 3. The molecule has 0 atom stereocenters. The molecule has 0 bridgehead atoms. The monoisotopic (exact) mass is 481 g/mol. The molecule has 3 aromatic heterocycles. The van der Waals surface area contributed by atoms with E-state index < -0.39 is 12.6 Å². The van der Waals surface area contributed by atoms with Gasteiger partial charge < -0.3 is 5.32 Å². The first kappa shape index (κ1) is 21.7. The maximum absolute atomic E-state index is 12.4. The molecule has 0 fully saturated rings. The van der Waals surface area contributed by atoms with Crippen molar-refractivity contribution in [3.05, 3.63) is 47.9 Å². The van der Waals surface area contributed by atoms with Gasteiger partial charge in [0.15, 0.2) is 4.34 Å². The lowest BCUT2D eigenvalue weighted by molar-refractivity contribution is -0.129. The Hall–Kier alpha value is -2.57. The molecule has 1 aromatic carbocycles. The smallest absolute Gasteiger partial charge is 0.326 e. The zero-order valence-electron chi connectivity index (χ0n) is 15.7. The van der Waals surface area contributed by atoms with E-state index in [2.05, 4.69) is 25.3 Å². The lowest BCUT2D eigenvalue weighted by atomic mass is 10.2. The number of thiazole rings is 2. The fourth-order valence-corrected chi connectivity index (χ4v) is 5.52. The molecule has 0 aliphatic carbocycles.